The molecular weight excluding hydrogens is 804 g/mol. The van der Waals surface area contributed by atoms with E-state index in [1.54, 1.807) is 44.4 Å². The fourth-order valence-electron chi connectivity index (χ4n) is 8.74. The Labute approximate surface area is 355 Å². The molecule has 5 aromatic rings. The highest BCUT2D eigenvalue weighted by Crippen LogP contribution is 2.62. The fourth-order valence-corrected chi connectivity index (χ4v) is 8.74. The highest BCUT2D eigenvalue weighted by molar-refractivity contribution is 6.11. The summed E-state index contributed by atoms with van der Waals surface area (Å²) < 4.78 is 48.3. The minimum atomic E-state index is -4.72. The van der Waals surface area contributed by atoms with Gasteiger partial charge in [0, 0.05) is 55.7 Å². The first-order valence-corrected chi connectivity index (χ1v) is 20.5. The number of hydrogen-bond donors (Lipinski definition) is 0. The van der Waals surface area contributed by atoms with Crippen LogP contribution in [0.15, 0.2) is 79.1 Å². The lowest BCUT2D eigenvalue weighted by atomic mass is 9.90. The molecule has 0 radical (unpaired) electrons. The fraction of sp³-hybridized carbons (Fsp3) is 0.370. The van der Waals surface area contributed by atoms with E-state index in [0.717, 1.165) is 11.6 Å². The van der Waals surface area contributed by atoms with Gasteiger partial charge >= 0.3 is 12.3 Å². The quantitative estimate of drug-likeness (QED) is 0.117. The Morgan fingerprint density at radius 2 is 1.69 bits per heavy atom. The second-order valence-corrected chi connectivity index (χ2v) is 16.4. The van der Waals surface area contributed by atoms with E-state index in [0.29, 0.717) is 47.2 Å². The van der Waals surface area contributed by atoms with Crippen molar-refractivity contribution < 1.29 is 41.9 Å². The second-order valence-electron chi connectivity index (χ2n) is 16.4. The maximum atomic E-state index is 14.8. The lowest BCUT2D eigenvalue weighted by Gasteiger charge is -2.27. The zero-order valence-corrected chi connectivity index (χ0v) is 34.4. The van der Waals surface area contributed by atoms with Gasteiger partial charge in [-0.1, -0.05) is 48.6 Å². The second kappa shape index (κ2) is 16.7. The van der Waals surface area contributed by atoms with Crippen LogP contribution in [0.25, 0.3) is 22.0 Å². The predicted molar refractivity (Wildman–Crippen MR) is 221 cm³/mol. The van der Waals surface area contributed by atoms with Gasteiger partial charge in [0.05, 0.1) is 29.4 Å². The van der Waals surface area contributed by atoms with Gasteiger partial charge in [-0.15, -0.1) is 0 Å². The average molecular weight is 848 g/mol. The summed E-state index contributed by atoms with van der Waals surface area (Å²) in [6.45, 7) is 4.14. The molecule has 1 saturated heterocycles. The molecule has 3 aromatic heterocycles. The summed E-state index contributed by atoms with van der Waals surface area (Å²) in [5.41, 5.74) is 1.16. The summed E-state index contributed by atoms with van der Waals surface area (Å²) in [7, 11) is 0. The molecule has 2 aromatic carbocycles. The SMILES string of the molecule is CC(=O)c1nn2c3c(cc(-c4cnc(C)nc4)cc13)N(C(=O)OCc1ccccc1)C/C=C/CCC(=O)CC[C@@]13C[C@@H](C(=O)Cc4nc(C(F)(F)F)ccc4C)N(C(=O)C2)[C@@H]1C3. The Morgan fingerprint density at radius 3 is 2.42 bits per heavy atom. The van der Waals surface area contributed by atoms with Crippen LogP contribution in [0, 0.1) is 19.3 Å². The molecule has 2 fully saturated rings. The number of carbonyl (C=O) groups excluding carboxylic acids is 5. The van der Waals surface area contributed by atoms with Crippen molar-refractivity contribution in [3.63, 3.8) is 0 Å². The smallest absolute Gasteiger partial charge is 0.433 e. The molecule has 1 saturated carbocycles. The van der Waals surface area contributed by atoms with E-state index in [1.165, 1.54) is 27.5 Å². The number of carbonyl (C=O) groups is 5. The monoisotopic (exact) mass is 847 g/mol. The van der Waals surface area contributed by atoms with Crippen molar-refractivity contribution in [2.45, 2.75) is 97.1 Å². The minimum absolute atomic E-state index is 0.00110. The van der Waals surface area contributed by atoms with E-state index < -0.39 is 65.9 Å². The third-order valence-corrected chi connectivity index (χ3v) is 12.1. The van der Waals surface area contributed by atoms with E-state index in [4.69, 9.17) is 4.74 Å². The Kier molecular flexibility index (Phi) is 11.3. The first kappa shape index (κ1) is 42.1. The predicted octanol–water partition coefficient (Wildman–Crippen LogP) is 7.74. The third-order valence-electron chi connectivity index (χ3n) is 12.1. The zero-order chi connectivity index (χ0) is 43.9. The molecule has 62 heavy (non-hydrogen) atoms. The number of amides is 2. The van der Waals surface area contributed by atoms with Gasteiger partial charge in [-0.05, 0) is 79.8 Å². The zero-order valence-electron chi connectivity index (χ0n) is 34.4. The highest BCUT2D eigenvalue weighted by Gasteiger charge is 2.66. The van der Waals surface area contributed by atoms with Crippen LogP contribution in [0.5, 0.6) is 0 Å². The number of benzene rings is 2. The van der Waals surface area contributed by atoms with E-state index in [-0.39, 0.29) is 60.8 Å². The number of pyridine rings is 1. The van der Waals surface area contributed by atoms with Gasteiger partial charge in [0.25, 0.3) is 0 Å². The molecule has 0 unspecified atom stereocenters. The topological polar surface area (TPSA) is 158 Å². The van der Waals surface area contributed by atoms with Crippen molar-refractivity contribution in [1.82, 2.24) is 29.6 Å². The van der Waals surface area contributed by atoms with Crippen LogP contribution in [0.1, 0.15) is 84.3 Å². The van der Waals surface area contributed by atoms with Crippen LogP contribution in [0.2, 0.25) is 0 Å². The normalized spacial score (nSPS) is 21.1. The van der Waals surface area contributed by atoms with Crippen LogP contribution < -0.4 is 4.90 Å². The third kappa shape index (κ3) is 8.50. The first-order valence-electron chi connectivity index (χ1n) is 20.5. The summed E-state index contributed by atoms with van der Waals surface area (Å²) >= 11 is 0. The molecule has 1 aliphatic carbocycles. The number of Topliss-reactive ketones (excluding diaryl/α,β-unsaturated/α-hetero) is 3. The highest BCUT2D eigenvalue weighted by atomic mass is 19.4. The molecule has 16 heteroatoms. The minimum Gasteiger partial charge on any atom is -0.444 e. The molecule has 3 atom stereocenters. The maximum Gasteiger partial charge on any atom is 0.433 e. The molecule has 3 aliphatic rings. The van der Waals surface area contributed by atoms with Crippen molar-refractivity contribution in [3.05, 3.63) is 113 Å². The lowest BCUT2D eigenvalue weighted by Crippen LogP contribution is -2.45. The number of rotatable bonds is 7. The molecule has 2 amide bonds. The number of nitrogens with zero attached hydrogens (tertiary/aromatic N) is 7. The van der Waals surface area contributed by atoms with Gasteiger partial charge in [-0.2, -0.15) is 18.3 Å². The standard InChI is InChI=1S/C46H44F3N7O6/c1-27-13-14-39(46(47,48)49)52-35(27)20-38(59)37-21-45-16-15-33(58)12-8-5-9-17-54(44(61)62-26-30-10-6-4-7-11-30)36-19-31(32-23-50-29(3)51-24-32)18-34-42(28(2)57)53-55(43(34)36)25-41(60)56(37)40(45)22-45/h4-7,9-11,13-14,18-19,23-24,37,40H,8,12,15-17,20-22,25-26H2,1-3H3/b9-5+/t37-,40+,45-/m0/s1. The molecule has 320 valence electrons. The van der Waals surface area contributed by atoms with Crippen molar-refractivity contribution in [1.29, 1.82) is 0 Å². The van der Waals surface area contributed by atoms with E-state index >= 15 is 0 Å². The molecule has 13 nitrogen and oxygen atoms in total. The summed E-state index contributed by atoms with van der Waals surface area (Å²) in [4.78, 5) is 85.3. The lowest BCUT2D eigenvalue weighted by molar-refractivity contribution is -0.141. The van der Waals surface area contributed by atoms with E-state index in [9.17, 15) is 37.1 Å². The van der Waals surface area contributed by atoms with Gasteiger partial charge in [-0.3, -0.25) is 28.8 Å². The molecule has 2 aliphatic heterocycles. The van der Waals surface area contributed by atoms with E-state index in [2.05, 4.69) is 20.1 Å². The van der Waals surface area contributed by atoms with Crippen molar-refractivity contribution in [2.24, 2.45) is 5.41 Å². The number of aromatic nitrogens is 5. The first-order chi connectivity index (χ1) is 29.6. The average Bonchev–Trinajstić information content (AvgIpc) is 3.65. The van der Waals surface area contributed by atoms with Gasteiger partial charge in [0.1, 0.15) is 36.1 Å². The molecule has 0 N–H and O–H groups in total. The number of hydrogen-bond acceptors (Lipinski definition) is 10. The summed E-state index contributed by atoms with van der Waals surface area (Å²) in [6.07, 6.45) is 2.98. The molecule has 5 heterocycles. The van der Waals surface area contributed by atoms with Crippen LogP contribution in [-0.4, -0.2) is 77.6 Å². The number of piperidine rings is 1. The van der Waals surface area contributed by atoms with Gasteiger partial charge in [-0.25, -0.2) is 19.7 Å². The maximum absolute atomic E-state index is 14.8. The van der Waals surface area contributed by atoms with Crippen molar-refractivity contribution >= 4 is 45.9 Å². The number of aryl methyl sites for hydroxylation is 2. The van der Waals surface area contributed by atoms with Gasteiger partial charge < -0.3 is 9.64 Å². The Bertz CT molecular complexity index is 2630. The Balaban J connectivity index is 1.24. The largest absolute Gasteiger partial charge is 0.444 e. The van der Waals surface area contributed by atoms with E-state index in [1.807, 2.05) is 36.4 Å². The molecule has 0 spiro atoms. The van der Waals surface area contributed by atoms with Crippen LogP contribution >= 0.6 is 0 Å². The number of alkyl halides is 3. The number of allylic oxidation sites excluding steroid dienone is 1. The number of ketones is 3. The van der Waals surface area contributed by atoms with Crippen LogP contribution in [0.3, 0.4) is 0 Å². The molecule has 2 bridgehead atoms. The Morgan fingerprint density at radius 1 is 0.935 bits per heavy atom. The summed E-state index contributed by atoms with van der Waals surface area (Å²) in [5.74, 6) is -0.867. The van der Waals surface area contributed by atoms with Gasteiger partial charge in [0.2, 0.25) is 5.91 Å². The van der Waals surface area contributed by atoms with Crippen LogP contribution in [0.4, 0.5) is 23.7 Å². The van der Waals surface area contributed by atoms with Crippen LogP contribution in [-0.2, 0) is 44.9 Å². The summed E-state index contributed by atoms with van der Waals surface area (Å²) in [5, 5.41) is 5.02. The number of ether oxygens (including phenoxy) is 1. The van der Waals surface area contributed by atoms with Crippen molar-refractivity contribution in [2.75, 3.05) is 11.4 Å². The Hall–Kier alpha value is -6.58. The molecular formula is C46H44F3N7O6. The number of anilines is 1. The molecule has 8 rings (SSSR count). The summed E-state index contributed by atoms with van der Waals surface area (Å²) in [6, 6.07) is 13.3. The van der Waals surface area contributed by atoms with Gasteiger partial charge in [0.15, 0.2) is 11.6 Å². The number of halogens is 3. The van der Waals surface area contributed by atoms with Crippen molar-refractivity contribution in [3.8, 4) is 11.1 Å².